The van der Waals surface area contributed by atoms with Crippen molar-refractivity contribution < 1.29 is 18.0 Å². The number of carbonyl (C=O) groups excluding carboxylic acids is 2. The number of benzene rings is 1. The minimum Gasteiger partial charge on any atom is -0.325 e. The van der Waals surface area contributed by atoms with Crippen LogP contribution in [0.1, 0.15) is 37.0 Å². The van der Waals surface area contributed by atoms with Gasteiger partial charge in [0.15, 0.2) is 5.78 Å². The standard InChI is InChI=1S/C21H25N3O5S/c1-15-9-12-24(13-10-15)30(28,29)19-4-3-11-23(21(19)27)14-20(26)22-18-7-5-17(6-8-18)16(2)25/h3-8,11,15H,9-10,12-14H2,1-2H3,(H,22,26). The number of rotatable bonds is 6. The SMILES string of the molecule is CC(=O)c1ccc(NC(=O)Cn2cccc(S(=O)(=O)N3CCC(C)CC3)c2=O)cc1. The zero-order valence-electron chi connectivity index (χ0n) is 17.0. The molecule has 0 aliphatic carbocycles. The summed E-state index contributed by atoms with van der Waals surface area (Å²) in [7, 11) is -3.91. The first-order chi connectivity index (χ1) is 14.2. The average molecular weight is 432 g/mol. The molecule has 0 bridgehead atoms. The zero-order chi connectivity index (χ0) is 21.9. The number of piperidine rings is 1. The van der Waals surface area contributed by atoms with Crippen molar-refractivity contribution in [1.82, 2.24) is 8.87 Å². The largest absolute Gasteiger partial charge is 0.325 e. The normalized spacial score (nSPS) is 15.7. The van der Waals surface area contributed by atoms with Crippen LogP contribution in [-0.4, -0.2) is 42.1 Å². The molecular weight excluding hydrogens is 406 g/mol. The van der Waals surface area contributed by atoms with Crippen molar-refractivity contribution in [1.29, 1.82) is 0 Å². The van der Waals surface area contributed by atoms with Gasteiger partial charge in [-0.1, -0.05) is 6.92 Å². The third-order valence-corrected chi connectivity index (χ3v) is 7.15. The Morgan fingerprint density at radius 3 is 2.33 bits per heavy atom. The molecule has 1 N–H and O–H groups in total. The Hall–Kier alpha value is -2.78. The number of nitrogens with zero attached hydrogens (tertiary/aromatic N) is 2. The molecule has 0 radical (unpaired) electrons. The summed E-state index contributed by atoms with van der Waals surface area (Å²) in [5.74, 6) is -0.105. The minimum absolute atomic E-state index is 0.0828. The van der Waals surface area contributed by atoms with Gasteiger partial charge in [-0.3, -0.25) is 14.4 Å². The van der Waals surface area contributed by atoms with Crippen molar-refractivity contribution in [3.8, 4) is 0 Å². The Kier molecular flexibility index (Phi) is 6.52. The number of sulfonamides is 1. The van der Waals surface area contributed by atoms with Gasteiger partial charge >= 0.3 is 0 Å². The molecule has 1 aromatic heterocycles. The Morgan fingerprint density at radius 1 is 1.10 bits per heavy atom. The van der Waals surface area contributed by atoms with Crippen molar-refractivity contribution in [2.24, 2.45) is 5.92 Å². The first-order valence-electron chi connectivity index (χ1n) is 9.79. The van der Waals surface area contributed by atoms with Gasteiger partial charge in [0.25, 0.3) is 5.56 Å². The lowest BCUT2D eigenvalue weighted by Gasteiger charge is -2.29. The van der Waals surface area contributed by atoms with E-state index in [0.717, 1.165) is 17.4 Å². The van der Waals surface area contributed by atoms with Crippen LogP contribution in [-0.2, 0) is 21.4 Å². The lowest BCUT2D eigenvalue weighted by Crippen LogP contribution is -2.41. The van der Waals surface area contributed by atoms with E-state index in [-0.39, 0.29) is 17.2 Å². The highest BCUT2D eigenvalue weighted by Crippen LogP contribution is 2.21. The van der Waals surface area contributed by atoms with Gasteiger partial charge in [0.2, 0.25) is 15.9 Å². The molecule has 1 aliphatic rings. The predicted molar refractivity (Wildman–Crippen MR) is 113 cm³/mol. The van der Waals surface area contributed by atoms with E-state index in [0.29, 0.717) is 30.3 Å². The molecule has 9 heteroatoms. The minimum atomic E-state index is -3.91. The second-order valence-corrected chi connectivity index (χ2v) is 9.48. The van der Waals surface area contributed by atoms with Crippen LogP contribution in [0.3, 0.4) is 0 Å². The molecule has 30 heavy (non-hydrogen) atoms. The molecule has 2 aromatic rings. The third-order valence-electron chi connectivity index (χ3n) is 5.23. The molecule has 1 fully saturated rings. The topological polar surface area (TPSA) is 106 Å². The Balaban J connectivity index is 1.75. The smallest absolute Gasteiger partial charge is 0.271 e. The van der Waals surface area contributed by atoms with Crippen molar-refractivity contribution in [3.05, 3.63) is 58.5 Å². The van der Waals surface area contributed by atoms with Crippen molar-refractivity contribution in [2.75, 3.05) is 18.4 Å². The molecule has 2 heterocycles. The summed E-state index contributed by atoms with van der Waals surface area (Å²) in [5, 5.41) is 2.64. The fourth-order valence-corrected chi connectivity index (χ4v) is 4.90. The summed E-state index contributed by atoms with van der Waals surface area (Å²) in [5.41, 5.74) is 0.275. The molecule has 1 aromatic carbocycles. The van der Waals surface area contributed by atoms with Gasteiger partial charge in [-0.15, -0.1) is 0 Å². The van der Waals surface area contributed by atoms with Crippen molar-refractivity contribution >= 4 is 27.4 Å². The average Bonchev–Trinajstić information content (AvgIpc) is 2.70. The lowest BCUT2D eigenvalue weighted by molar-refractivity contribution is -0.116. The van der Waals surface area contributed by atoms with Gasteiger partial charge in [-0.25, -0.2) is 8.42 Å². The van der Waals surface area contributed by atoms with Crippen LogP contribution >= 0.6 is 0 Å². The number of ketones is 1. The fourth-order valence-electron chi connectivity index (χ4n) is 3.34. The highest BCUT2D eigenvalue weighted by molar-refractivity contribution is 7.89. The monoisotopic (exact) mass is 431 g/mol. The van der Waals surface area contributed by atoms with Crippen LogP contribution in [0.15, 0.2) is 52.3 Å². The van der Waals surface area contributed by atoms with Gasteiger partial charge in [-0.05, 0) is 62.1 Å². The second-order valence-electron chi connectivity index (χ2n) is 7.57. The molecule has 3 rings (SSSR count). The first-order valence-corrected chi connectivity index (χ1v) is 11.2. The molecule has 0 atom stereocenters. The van der Waals surface area contributed by atoms with Crippen molar-refractivity contribution in [2.45, 2.75) is 38.1 Å². The molecule has 1 aliphatic heterocycles. The zero-order valence-corrected chi connectivity index (χ0v) is 17.8. The Bertz CT molecular complexity index is 1100. The van der Waals surface area contributed by atoms with Gasteiger partial charge < -0.3 is 9.88 Å². The summed E-state index contributed by atoms with van der Waals surface area (Å²) in [4.78, 5) is 36.1. The van der Waals surface area contributed by atoms with Crippen LogP contribution in [0, 0.1) is 5.92 Å². The van der Waals surface area contributed by atoms with E-state index in [2.05, 4.69) is 12.2 Å². The quantitative estimate of drug-likeness (QED) is 0.705. The maximum absolute atomic E-state index is 12.9. The Morgan fingerprint density at radius 2 is 1.73 bits per heavy atom. The molecule has 1 amide bonds. The van der Waals surface area contributed by atoms with E-state index in [9.17, 15) is 22.8 Å². The highest BCUT2D eigenvalue weighted by atomic mass is 32.2. The van der Waals surface area contributed by atoms with Crippen LogP contribution in [0.5, 0.6) is 0 Å². The van der Waals surface area contributed by atoms with E-state index in [1.54, 1.807) is 24.3 Å². The van der Waals surface area contributed by atoms with Crippen LogP contribution in [0.2, 0.25) is 0 Å². The Labute approximate surface area is 175 Å². The van der Waals surface area contributed by atoms with Crippen molar-refractivity contribution in [3.63, 3.8) is 0 Å². The van der Waals surface area contributed by atoms with Gasteiger partial charge in [0.1, 0.15) is 11.4 Å². The predicted octanol–water partition coefficient (Wildman–Crippen LogP) is 2.11. The number of nitrogens with one attached hydrogen (secondary N) is 1. The van der Waals surface area contributed by atoms with E-state index < -0.39 is 21.5 Å². The van der Waals surface area contributed by atoms with Crippen LogP contribution < -0.4 is 10.9 Å². The number of carbonyl (C=O) groups is 2. The molecule has 0 unspecified atom stereocenters. The maximum Gasteiger partial charge on any atom is 0.271 e. The number of Topliss-reactive ketones (excluding diaryl/α,β-unsaturated/α-hetero) is 1. The molecule has 0 saturated carbocycles. The molecule has 1 saturated heterocycles. The summed E-state index contributed by atoms with van der Waals surface area (Å²) < 4.78 is 28.3. The summed E-state index contributed by atoms with van der Waals surface area (Å²) in [6.07, 6.45) is 2.90. The number of pyridine rings is 1. The number of hydrogen-bond acceptors (Lipinski definition) is 5. The fraction of sp³-hybridized carbons (Fsp3) is 0.381. The van der Waals surface area contributed by atoms with Crippen LogP contribution in [0.25, 0.3) is 0 Å². The number of anilines is 1. The second kappa shape index (κ2) is 8.93. The van der Waals surface area contributed by atoms with Gasteiger partial charge in [-0.2, -0.15) is 4.31 Å². The lowest BCUT2D eigenvalue weighted by atomic mass is 10.0. The summed E-state index contributed by atoms with van der Waals surface area (Å²) in [6.45, 7) is 3.97. The third kappa shape index (κ3) is 4.85. The summed E-state index contributed by atoms with van der Waals surface area (Å²) >= 11 is 0. The molecule has 0 spiro atoms. The van der Waals surface area contributed by atoms with E-state index in [1.807, 2.05) is 0 Å². The van der Waals surface area contributed by atoms with Gasteiger partial charge in [0, 0.05) is 30.5 Å². The first kappa shape index (κ1) is 21.9. The van der Waals surface area contributed by atoms with Gasteiger partial charge in [0.05, 0.1) is 0 Å². The van der Waals surface area contributed by atoms with E-state index >= 15 is 0 Å². The maximum atomic E-state index is 12.9. The highest BCUT2D eigenvalue weighted by Gasteiger charge is 2.30. The van der Waals surface area contributed by atoms with E-state index in [1.165, 1.54) is 29.6 Å². The summed E-state index contributed by atoms with van der Waals surface area (Å²) in [6, 6.07) is 9.11. The van der Waals surface area contributed by atoms with Crippen LogP contribution in [0.4, 0.5) is 5.69 Å². The molecule has 160 valence electrons. The van der Waals surface area contributed by atoms with E-state index in [4.69, 9.17) is 0 Å². The molecular formula is C21H25N3O5S. The number of amides is 1. The number of aromatic nitrogens is 1. The number of hydrogen-bond donors (Lipinski definition) is 1. The molecule has 8 nitrogen and oxygen atoms in total.